The van der Waals surface area contributed by atoms with E-state index in [0.717, 1.165) is 36.4 Å². The maximum absolute atomic E-state index is 13.3. The van der Waals surface area contributed by atoms with Crippen LogP contribution in [-0.4, -0.2) is 121 Å². The lowest BCUT2D eigenvalue weighted by Gasteiger charge is -2.15. The zero-order chi connectivity index (χ0) is 69.4. The van der Waals surface area contributed by atoms with Gasteiger partial charge in [0.25, 0.3) is 66.4 Å². The third-order valence-corrected chi connectivity index (χ3v) is 19.1. The minimum absolute atomic E-state index is 0.0419. The maximum Gasteiger partial charge on any atom is 0.297 e. The van der Waals surface area contributed by atoms with Gasteiger partial charge in [0.15, 0.2) is 11.5 Å². The molecule has 0 heterocycles. The third-order valence-electron chi connectivity index (χ3n) is 12.5. The minimum Gasteiger partial charge on any atom is -0.507 e. The number of rotatable bonds is 25. The molecule has 0 amide bonds. The van der Waals surface area contributed by atoms with E-state index in [1.165, 1.54) is 13.0 Å². The molecule has 0 aliphatic heterocycles. The van der Waals surface area contributed by atoms with Gasteiger partial charge in [-0.1, -0.05) is 10.1 Å². The lowest BCUT2D eigenvalue weighted by atomic mass is 10.0. The average Bonchev–Trinajstić information content (AvgIpc) is 0.754. The largest absolute Gasteiger partial charge is 0.507 e. The minimum atomic E-state index is -5.74. The van der Waals surface area contributed by atoms with Crippen LogP contribution in [0, 0.1) is 17.0 Å². The molecule has 94 heavy (non-hydrogen) atoms. The molecule has 0 bridgehead atoms. The molecule has 13 N–H and O–H groups in total. The normalized spacial score (nSPS) is 13.1. The molecule has 0 saturated heterocycles. The van der Waals surface area contributed by atoms with Crippen LogP contribution >= 0.6 is 24.1 Å². The molecule has 498 valence electrons. The van der Waals surface area contributed by atoms with E-state index in [9.17, 15) is 103 Å². The number of azo groups is 4. The average molecular weight is 1470 g/mol. The number of fused-ring (bicyclic) bond motifs is 3. The SMILES string of the molecule is Cc1cc(N=Nc2c(S(=O)(=O)O)cc3c(S(=O)(=O)O)c(N=Nc4cc(S(=O)(=O)O)c5cc(SOOO)c(N=Nc6ccc([N+](=O)[O-])cc6S(=O)(=O)O)c(O)c5c4N)ccc3c2O)c(OCCCSOOO)cc1N=Nc1ccc(S(=O)(=O)O)c2cc(S(=O)(=O)O)cc(O)c12. The summed E-state index contributed by atoms with van der Waals surface area (Å²) in [7, 11) is -32.4. The van der Waals surface area contributed by atoms with Crippen LogP contribution in [0.4, 0.5) is 56.9 Å². The van der Waals surface area contributed by atoms with Crippen molar-refractivity contribution in [2.75, 3.05) is 18.1 Å². The first-order chi connectivity index (χ1) is 43.8. The molecule has 0 aromatic heterocycles. The first kappa shape index (κ1) is 71.1. The van der Waals surface area contributed by atoms with Crippen molar-refractivity contribution in [3.8, 4) is 23.0 Å². The van der Waals surface area contributed by atoms with Crippen LogP contribution in [0.25, 0.3) is 32.3 Å². The van der Waals surface area contributed by atoms with Gasteiger partial charge in [-0.3, -0.25) is 37.4 Å². The number of nitro groups is 1. The highest BCUT2D eigenvalue weighted by molar-refractivity contribution is 7.95. The Bertz CT molecular complexity index is 5350. The van der Waals surface area contributed by atoms with E-state index in [-0.39, 0.29) is 59.2 Å². The summed E-state index contributed by atoms with van der Waals surface area (Å²) in [4.78, 5) is 2.67. The fourth-order valence-corrected chi connectivity index (χ4v) is 13.4. The van der Waals surface area contributed by atoms with Gasteiger partial charge in [-0.15, -0.1) is 44.5 Å². The van der Waals surface area contributed by atoms with Gasteiger partial charge >= 0.3 is 0 Å². The van der Waals surface area contributed by atoms with E-state index in [2.05, 4.69) is 59.7 Å². The topological polar surface area (TPSA) is 642 Å². The second kappa shape index (κ2) is 27.3. The molecular weight excluding hydrogens is 1430 g/mol. The smallest absolute Gasteiger partial charge is 0.297 e. The zero-order valence-corrected chi connectivity index (χ0v) is 52.3. The molecule has 0 aliphatic rings. The van der Waals surface area contributed by atoms with Crippen molar-refractivity contribution >= 4 is 174 Å². The number of hydrogen-bond donors (Lipinski definition) is 12. The lowest BCUT2D eigenvalue weighted by Crippen LogP contribution is -2.03. The number of anilines is 1. The first-order valence-corrected chi connectivity index (χ1v) is 34.6. The second-order valence-electron chi connectivity index (χ2n) is 18.4. The molecule has 0 saturated carbocycles. The number of non-ortho nitro benzene ring substituents is 1. The van der Waals surface area contributed by atoms with Crippen molar-refractivity contribution in [2.24, 2.45) is 40.9 Å². The van der Waals surface area contributed by atoms with Crippen molar-refractivity contribution in [2.45, 2.75) is 47.6 Å². The van der Waals surface area contributed by atoms with E-state index in [4.69, 9.17) is 21.0 Å². The zero-order valence-electron chi connectivity index (χ0n) is 45.7. The highest BCUT2D eigenvalue weighted by Crippen LogP contribution is 2.52. The number of phenolic OH excluding ortho intramolecular Hbond substituents is 3. The Hall–Kier alpha value is -8.74. The van der Waals surface area contributed by atoms with Gasteiger partial charge in [0.2, 0.25) is 0 Å². The summed E-state index contributed by atoms with van der Waals surface area (Å²) in [5.74, 6) is -3.65. The summed E-state index contributed by atoms with van der Waals surface area (Å²) in [5, 5.41) is 96.6. The predicted molar refractivity (Wildman–Crippen MR) is 319 cm³/mol. The van der Waals surface area contributed by atoms with Crippen LogP contribution in [0.2, 0.25) is 0 Å². The Balaban J connectivity index is 1.25. The Labute approximate surface area is 533 Å². The van der Waals surface area contributed by atoms with Crippen LogP contribution in [0.5, 0.6) is 23.0 Å². The van der Waals surface area contributed by atoms with Gasteiger partial charge < -0.3 is 25.8 Å². The van der Waals surface area contributed by atoms with Gasteiger partial charge in [-0.05, 0) is 79.6 Å². The summed E-state index contributed by atoms with van der Waals surface area (Å²) in [6.45, 7) is 1.16. The van der Waals surface area contributed by atoms with E-state index in [0.29, 0.717) is 54.5 Å². The van der Waals surface area contributed by atoms with E-state index in [1.807, 2.05) is 0 Å². The van der Waals surface area contributed by atoms with E-state index in [1.54, 1.807) is 0 Å². The van der Waals surface area contributed by atoms with Crippen molar-refractivity contribution < 1.29 is 132 Å². The number of aromatic hydroxyl groups is 3. The van der Waals surface area contributed by atoms with Gasteiger partial charge in [0, 0.05) is 63.6 Å². The molecule has 8 aromatic rings. The van der Waals surface area contributed by atoms with Crippen LogP contribution < -0.4 is 10.5 Å². The molecule has 0 spiro atoms. The van der Waals surface area contributed by atoms with Crippen LogP contribution in [0.3, 0.4) is 0 Å². The number of benzene rings is 8. The molecule has 8 aromatic carbocycles. The first-order valence-electron chi connectivity index (χ1n) is 24.3. The summed E-state index contributed by atoms with van der Waals surface area (Å²) in [6.07, 6.45) is 0.114. The quantitative estimate of drug-likeness (QED) is 0.00370. The molecule has 0 atom stereocenters. The molecule has 0 radical (unpaired) electrons. The monoisotopic (exact) mass is 1460 g/mol. The second-order valence-corrected chi connectivity index (χ2v) is 28.3. The van der Waals surface area contributed by atoms with Gasteiger partial charge in [0.05, 0.1) is 61.2 Å². The van der Waals surface area contributed by atoms with E-state index < -0.39 is 189 Å². The summed E-state index contributed by atoms with van der Waals surface area (Å²) >= 11 is 0.584. The summed E-state index contributed by atoms with van der Waals surface area (Å²) < 4.78 is 227. The van der Waals surface area contributed by atoms with Gasteiger partial charge in [-0.2, -0.15) is 55.6 Å². The Kier molecular flexibility index (Phi) is 20.7. The number of ether oxygens (including phenoxy) is 1. The Morgan fingerprint density at radius 3 is 1.70 bits per heavy atom. The number of nitrogens with zero attached hydrogens (tertiary/aromatic N) is 9. The van der Waals surface area contributed by atoms with Crippen LogP contribution in [-0.2, 0) is 79.5 Å². The van der Waals surface area contributed by atoms with Crippen molar-refractivity contribution in [3.63, 3.8) is 0 Å². The fraction of sp³-hybridized carbons (Fsp3) is 0.0870. The van der Waals surface area contributed by atoms with Gasteiger partial charge in [-0.25, -0.2) is 10.5 Å². The van der Waals surface area contributed by atoms with Crippen molar-refractivity contribution in [3.05, 3.63) is 101 Å². The molecular formula is C46H36N10O30S8. The number of nitrogens with two attached hydrogens (primary N) is 1. The molecule has 0 aliphatic carbocycles. The molecule has 8 rings (SSSR count). The van der Waals surface area contributed by atoms with E-state index >= 15 is 0 Å². The number of phenols is 3. The number of nitrogen functional groups attached to an aromatic ring is 1. The van der Waals surface area contributed by atoms with Crippen molar-refractivity contribution in [1.82, 2.24) is 0 Å². The Morgan fingerprint density at radius 1 is 0.511 bits per heavy atom. The van der Waals surface area contributed by atoms with Crippen LogP contribution in [0.15, 0.2) is 160 Å². The highest BCUT2D eigenvalue weighted by atomic mass is 32.2. The standard InChI is InChI=1S/C46H36N10O30S8/c1-19-11-30(33(82-9-2-10-87-85-83-62)17-29(19)51-49-27-7-8-35(90(67,68)69)24-13-21(89(64,65)66)14-32(57)39(24)27)52-55-43-38(93(76,77)78)16-23-22(44(43)58)4-6-28(46(23)94(79,80)81)50-53-31-18-36(91(70,71)72)25-15-34(88-86-84-63)42(45(59)40(25)41(31)47)54-48-26-5-3-20(56(60)61)12-37(26)92(73,74)75/h3-8,11-18,57-59,62-63H,2,9-10,47H2,1H3,(H,64,65,66)(H,67,68,69)(H,70,71,72)(H,73,74,75)(H,76,77,78)(H,79,80,81). The number of hydrogen-bond acceptors (Lipinski definition) is 35. The molecule has 40 nitrogen and oxygen atoms in total. The number of nitro benzene ring substituents is 1. The lowest BCUT2D eigenvalue weighted by molar-refractivity contribution is -0.432. The highest BCUT2D eigenvalue weighted by Gasteiger charge is 2.31. The Morgan fingerprint density at radius 2 is 1.09 bits per heavy atom. The molecule has 0 fully saturated rings. The van der Waals surface area contributed by atoms with Crippen LogP contribution in [0.1, 0.15) is 12.0 Å². The summed E-state index contributed by atoms with van der Waals surface area (Å²) in [6, 6.07) is 10.3. The fourth-order valence-electron chi connectivity index (χ4n) is 8.54. The molecule has 0 unspecified atom stereocenters. The maximum atomic E-state index is 13.3. The predicted octanol–water partition coefficient (Wildman–Crippen LogP) is 10.5. The summed E-state index contributed by atoms with van der Waals surface area (Å²) in [5.41, 5.74) is -0.674. The van der Waals surface area contributed by atoms with Gasteiger partial charge in [0.1, 0.15) is 70.1 Å². The number of aryl methyl sites for hydroxylation is 1. The molecule has 48 heteroatoms. The van der Waals surface area contributed by atoms with Crippen molar-refractivity contribution in [1.29, 1.82) is 0 Å². The third kappa shape index (κ3) is 15.6.